The second-order valence-corrected chi connectivity index (χ2v) is 7.38. The molecule has 2 fully saturated rings. The molecule has 2 aliphatic heterocycles. The SMILES string of the molecule is COCc1c(C(=O)N2CCCCC2C(=O)N2CCCC2)oc2ccccc12. The van der Waals surface area contributed by atoms with Gasteiger partial charge >= 0.3 is 0 Å². The highest BCUT2D eigenvalue weighted by Gasteiger charge is 2.37. The van der Waals surface area contributed by atoms with Crippen LogP contribution in [0, 0.1) is 0 Å². The number of likely N-dealkylation sites (tertiary alicyclic amines) is 2. The molecule has 0 bridgehead atoms. The fourth-order valence-electron chi connectivity index (χ4n) is 4.27. The number of fused-ring (bicyclic) bond motifs is 1. The van der Waals surface area contributed by atoms with Crippen molar-refractivity contribution in [2.24, 2.45) is 0 Å². The Labute approximate surface area is 159 Å². The van der Waals surface area contributed by atoms with Gasteiger partial charge in [-0.15, -0.1) is 0 Å². The number of carbonyl (C=O) groups is 2. The standard InChI is InChI=1S/C21H26N2O4/c1-26-14-16-15-8-2-3-10-18(15)27-19(16)21(25)23-13-5-4-9-17(23)20(24)22-11-6-7-12-22/h2-3,8,10,17H,4-7,9,11-14H2,1H3. The van der Waals surface area contributed by atoms with Gasteiger partial charge in [-0.05, 0) is 38.2 Å². The minimum atomic E-state index is -0.382. The second-order valence-electron chi connectivity index (χ2n) is 7.38. The van der Waals surface area contributed by atoms with E-state index in [4.69, 9.17) is 9.15 Å². The smallest absolute Gasteiger partial charge is 0.290 e. The van der Waals surface area contributed by atoms with E-state index in [0.717, 1.165) is 56.1 Å². The van der Waals surface area contributed by atoms with Gasteiger partial charge in [0.25, 0.3) is 5.91 Å². The average Bonchev–Trinajstić information content (AvgIpc) is 3.36. The largest absolute Gasteiger partial charge is 0.451 e. The van der Waals surface area contributed by atoms with Gasteiger partial charge in [0.15, 0.2) is 5.76 Å². The molecule has 3 heterocycles. The molecule has 1 aromatic carbocycles. The van der Waals surface area contributed by atoms with Crippen molar-refractivity contribution in [1.82, 2.24) is 9.80 Å². The summed E-state index contributed by atoms with van der Waals surface area (Å²) in [5.74, 6) is 0.194. The van der Waals surface area contributed by atoms with E-state index in [1.54, 1.807) is 12.0 Å². The van der Waals surface area contributed by atoms with Gasteiger partial charge in [0.2, 0.25) is 5.91 Å². The molecule has 0 N–H and O–H groups in total. The van der Waals surface area contributed by atoms with Crippen molar-refractivity contribution < 1.29 is 18.7 Å². The van der Waals surface area contributed by atoms with E-state index in [9.17, 15) is 9.59 Å². The number of hydrogen-bond donors (Lipinski definition) is 0. The Balaban J connectivity index is 1.66. The van der Waals surface area contributed by atoms with Gasteiger partial charge < -0.3 is 19.0 Å². The van der Waals surface area contributed by atoms with Crippen molar-refractivity contribution in [3.8, 4) is 0 Å². The molecule has 2 aromatic rings. The van der Waals surface area contributed by atoms with Crippen molar-refractivity contribution in [1.29, 1.82) is 0 Å². The molecule has 0 spiro atoms. The van der Waals surface area contributed by atoms with Crippen molar-refractivity contribution >= 4 is 22.8 Å². The zero-order valence-corrected chi connectivity index (χ0v) is 15.8. The third kappa shape index (κ3) is 3.34. The van der Waals surface area contributed by atoms with Crippen LogP contribution in [0.2, 0.25) is 0 Å². The maximum atomic E-state index is 13.4. The van der Waals surface area contributed by atoms with Crippen LogP contribution in [0.3, 0.4) is 0 Å². The van der Waals surface area contributed by atoms with Gasteiger partial charge in [-0.25, -0.2) is 0 Å². The van der Waals surface area contributed by atoms with Crippen molar-refractivity contribution in [3.63, 3.8) is 0 Å². The minimum absolute atomic E-state index is 0.0879. The molecule has 1 unspecified atom stereocenters. The number of amides is 2. The van der Waals surface area contributed by atoms with E-state index in [1.807, 2.05) is 29.2 Å². The number of rotatable bonds is 4. The summed E-state index contributed by atoms with van der Waals surface area (Å²) in [7, 11) is 1.61. The van der Waals surface area contributed by atoms with Crippen LogP contribution < -0.4 is 0 Å². The summed E-state index contributed by atoms with van der Waals surface area (Å²) < 4.78 is 11.2. The highest BCUT2D eigenvalue weighted by Crippen LogP contribution is 2.30. The van der Waals surface area contributed by atoms with Gasteiger partial charge in [-0.2, -0.15) is 0 Å². The molecule has 0 saturated carbocycles. The molecule has 6 heteroatoms. The number of furan rings is 1. The third-order valence-corrected chi connectivity index (χ3v) is 5.65. The summed E-state index contributed by atoms with van der Waals surface area (Å²) in [6.07, 6.45) is 4.71. The lowest BCUT2D eigenvalue weighted by atomic mass is 10.00. The monoisotopic (exact) mass is 370 g/mol. The quantitative estimate of drug-likeness (QED) is 0.829. The van der Waals surface area contributed by atoms with Crippen LogP contribution in [0.5, 0.6) is 0 Å². The fraction of sp³-hybridized carbons (Fsp3) is 0.524. The average molecular weight is 370 g/mol. The van der Waals surface area contributed by atoms with Gasteiger partial charge in [0.1, 0.15) is 11.6 Å². The number of methoxy groups -OCH3 is 1. The van der Waals surface area contributed by atoms with Crippen LogP contribution in [0.4, 0.5) is 0 Å². The van der Waals surface area contributed by atoms with Gasteiger partial charge in [0.05, 0.1) is 6.61 Å². The Kier molecular flexibility index (Phi) is 5.16. The lowest BCUT2D eigenvalue weighted by Gasteiger charge is -2.36. The number of carbonyl (C=O) groups excluding carboxylic acids is 2. The summed E-state index contributed by atoms with van der Waals surface area (Å²) >= 11 is 0. The molecular formula is C21H26N2O4. The molecule has 2 aliphatic rings. The van der Waals surface area contributed by atoms with E-state index in [0.29, 0.717) is 24.5 Å². The van der Waals surface area contributed by atoms with Crippen LogP contribution in [0.15, 0.2) is 28.7 Å². The molecule has 2 amide bonds. The molecule has 1 aromatic heterocycles. The van der Waals surface area contributed by atoms with Crippen molar-refractivity contribution in [2.45, 2.75) is 44.8 Å². The number of ether oxygens (including phenoxy) is 1. The van der Waals surface area contributed by atoms with E-state index >= 15 is 0 Å². The Hall–Kier alpha value is -2.34. The van der Waals surface area contributed by atoms with E-state index in [2.05, 4.69) is 0 Å². The highest BCUT2D eigenvalue weighted by molar-refractivity contribution is 6.01. The second kappa shape index (κ2) is 7.72. The number of nitrogens with zero attached hydrogens (tertiary/aromatic N) is 2. The minimum Gasteiger partial charge on any atom is -0.451 e. The van der Waals surface area contributed by atoms with E-state index in [1.165, 1.54) is 0 Å². The number of piperidine rings is 1. The van der Waals surface area contributed by atoms with Crippen molar-refractivity contribution in [2.75, 3.05) is 26.7 Å². The van der Waals surface area contributed by atoms with E-state index < -0.39 is 0 Å². The zero-order valence-electron chi connectivity index (χ0n) is 15.8. The van der Waals surface area contributed by atoms with E-state index in [-0.39, 0.29) is 17.9 Å². The molecule has 1 atom stereocenters. The highest BCUT2D eigenvalue weighted by atomic mass is 16.5. The first-order valence-corrected chi connectivity index (χ1v) is 9.80. The topological polar surface area (TPSA) is 63.0 Å². The van der Waals surface area contributed by atoms with Gasteiger partial charge in [-0.1, -0.05) is 18.2 Å². The first-order valence-electron chi connectivity index (χ1n) is 9.80. The summed E-state index contributed by atoms with van der Waals surface area (Å²) in [6, 6.07) is 7.22. The summed E-state index contributed by atoms with van der Waals surface area (Å²) in [5, 5.41) is 0.891. The molecule has 0 aliphatic carbocycles. The van der Waals surface area contributed by atoms with Gasteiger partial charge in [0, 0.05) is 37.7 Å². The van der Waals surface area contributed by atoms with Crippen molar-refractivity contribution in [3.05, 3.63) is 35.6 Å². The zero-order chi connectivity index (χ0) is 18.8. The van der Waals surface area contributed by atoms with Gasteiger partial charge in [-0.3, -0.25) is 9.59 Å². The summed E-state index contributed by atoms with van der Waals surface area (Å²) in [5.41, 5.74) is 1.43. The normalized spacial score (nSPS) is 20.4. The molecule has 4 rings (SSSR count). The Morgan fingerprint density at radius 3 is 2.63 bits per heavy atom. The first kappa shape index (κ1) is 18.0. The van der Waals surface area contributed by atoms with Crippen LogP contribution in [0.1, 0.15) is 48.2 Å². The lowest BCUT2D eigenvalue weighted by Crippen LogP contribution is -2.52. The summed E-state index contributed by atoms with van der Waals surface area (Å²) in [4.78, 5) is 30.0. The summed E-state index contributed by atoms with van der Waals surface area (Å²) in [6.45, 7) is 2.50. The number of benzene rings is 1. The van der Waals surface area contributed by atoms with Crippen LogP contribution >= 0.6 is 0 Å². The molecule has 0 radical (unpaired) electrons. The Bertz CT molecular complexity index is 838. The number of hydrogen-bond acceptors (Lipinski definition) is 4. The predicted molar refractivity (Wildman–Crippen MR) is 101 cm³/mol. The maximum Gasteiger partial charge on any atom is 0.290 e. The third-order valence-electron chi connectivity index (χ3n) is 5.65. The molecule has 6 nitrogen and oxygen atoms in total. The molecule has 27 heavy (non-hydrogen) atoms. The van der Waals surface area contributed by atoms with Crippen LogP contribution in [-0.4, -0.2) is 54.4 Å². The molecule has 2 saturated heterocycles. The van der Waals surface area contributed by atoms with Crippen LogP contribution in [-0.2, 0) is 16.1 Å². The lowest BCUT2D eigenvalue weighted by molar-refractivity contribution is -0.136. The molecular weight excluding hydrogens is 344 g/mol. The van der Waals surface area contributed by atoms with Crippen LogP contribution in [0.25, 0.3) is 11.0 Å². The Morgan fingerprint density at radius 1 is 1.11 bits per heavy atom. The maximum absolute atomic E-state index is 13.4. The fourth-order valence-corrected chi connectivity index (χ4v) is 4.27. The Morgan fingerprint density at radius 2 is 1.85 bits per heavy atom. The number of para-hydroxylation sites is 1. The predicted octanol–water partition coefficient (Wildman–Crippen LogP) is 3.20. The first-order chi connectivity index (χ1) is 13.2. The molecule has 144 valence electrons.